The second-order valence-electron chi connectivity index (χ2n) is 10.4. The highest BCUT2D eigenvalue weighted by atomic mass is 16.5. The molecule has 1 aliphatic rings. The lowest BCUT2D eigenvalue weighted by Gasteiger charge is -2.29. The van der Waals surface area contributed by atoms with Gasteiger partial charge in [0.25, 0.3) is 0 Å². The standard InChI is InChI=1S/C35H34N2O4/c1-37-17-15-30(16-18-37)41-34-13-11-26(20-29(34)23-36)25-9-7-24(8-10-25)19-33(38)28-12-14-35(40-3)32(22-28)27-5-4-6-31(21-27)39-2/h4-14,20-22,30H,15-19H2,1-3H3. The first kappa shape index (κ1) is 27.9. The summed E-state index contributed by atoms with van der Waals surface area (Å²) >= 11 is 0. The molecule has 0 unspecified atom stereocenters. The summed E-state index contributed by atoms with van der Waals surface area (Å²) in [6, 6.07) is 29.2. The minimum atomic E-state index is 0.0201. The van der Waals surface area contributed by atoms with E-state index in [0.29, 0.717) is 22.6 Å². The number of ether oxygens (including phenoxy) is 3. The Kier molecular flexibility index (Phi) is 8.67. The largest absolute Gasteiger partial charge is 0.497 e. The highest BCUT2D eigenvalue weighted by Gasteiger charge is 2.20. The maximum atomic E-state index is 13.3. The summed E-state index contributed by atoms with van der Waals surface area (Å²) in [6.07, 6.45) is 2.33. The molecule has 6 nitrogen and oxygen atoms in total. The Balaban J connectivity index is 1.29. The van der Waals surface area contributed by atoms with Gasteiger partial charge in [0.15, 0.2) is 5.78 Å². The number of carbonyl (C=O) groups is 1. The molecule has 0 aliphatic carbocycles. The molecule has 4 aromatic rings. The van der Waals surface area contributed by atoms with Crippen molar-refractivity contribution >= 4 is 5.78 Å². The van der Waals surface area contributed by atoms with Gasteiger partial charge in [0.2, 0.25) is 0 Å². The van der Waals surface area contributed by atoms with Crippen LogP contribution in [0.5, 0.6) is 17.2 Å². The third-order valence-electron chi connectivity index (χ3n) is 7.61. The molecule has 0 aromatic heterocycles. The Morgan fingerprint density at radius 1 is 0.854 bits per heavy atom. The fraction of sp³-hybridized carbons (Fsp3) is 0.257. The van der Waals surface area contributed by atoms with Crippen LogP contribution in [0.3, 0.4) is 0 Å². The van der Waals surface area contributed by atoms with Gasteiger partial charge in [-0.15, -0.1) is 0 Å². The van der Waals surface area contributed by atoms with Crippen molar-refractivity contribution in [2.75, 3.05) is 34.4 Å². The average molecular weight is 547 g/mol. The third-order valence-corrected chi connectivity index (χ3v) is 7.61. The number of carbonyl (C=O) groups excluding carboxylic acids is 1. The van der Waals surface area contributed by atoms with Crippen LogP contribution in [0.15, 0.2) is 84.9 Å². The number of rotatable bonds is 9. The van der Waals surface area contributed by atoms with Crippen LogP contribution in [0.1, 0.15) is 34.3 Å². The Hall–Kier alpha value is -4.60. The van der Waals surface area contributed by atoms with E-state index < -0.39 is 0 Å². The van der Waals surface area contributed by atoms with E-state index in [1.165, 1.54) is 0 Å². The first-order valence-electron chi connectivity index (χ1n) is 13.8. The number of nitriles is 1. The summed E-state index contributed by atoms with van der Waals surface area (Å²) < 4.78 is 17.1. The topological polar surface area (TPSA) is 71.8 Å². The molecule has 1 heterocycles. The quantitative estimate of drug-likeness (QED) is 0.215. The summed E-state index contributed by atoms with van der Waals surface area (Å²) in [7, 11) is 5.37. The van der Waals surface area contributed by atoms with E-state index in [1.54, 1.807) is 20.3 Å². The zero-order chi connectivity index (χ0) is 28.8. The SMILES string of the molecule is COc1cccc(-c2cc(C(=O)Cc3ccc(-c4ccc(OC5CCN(C)CC5)c(C#N)c4)cc3)ccc2OC)c1. The number of piperidine rings is 1. The van der Waals surface area contributed by atoms with Crippen molar-refractivity contribution in [3.05, 3.63) is 102 Å². The number of nitrogens with zero attached hydrogens (tertiary/aromatic N) is 2. The van der Waals surface area contributed by atoms with Gasteiger partial charge in [-0.1, -0.05) is 42.5 Å². The van der Waals surface area contributed by atoms with Crippen LogP contribution in [-0.2, 0) is 6.42 Å². The Bertz CT molecular complexity index is 1560. The molecule has 6 heteroatoms. The van der Waals surface area contributed by atoms with Crippen molar-refractivity contribution in [1.29, 1.82) is 5.26 Å². The Morgan fingerprint density at radius 3 is 2.29 bits per heavy atom. The first-order valence-corrected chi connectivity index (χ1v) is 13.8. The second kappa shape index (κ2) is 12.7. The highest BCUT2D eigenvalue weighted by Crippen LogP contribution is 2.33. The van der Waals surface area contributed by atoms with E-state index in [2.05, 4.69) is 18.0 Å². The van der Waals surface area contributed by atoms with E-state index in [4.69, 9.17) is 14.2 Å². The molecule has 4 aromatic carbocycles. The minimum Gasteiger partial charge on any atom is -0.497 e. The molecule has 5 rings (SSSR count). The van der Waals surface area contributed by atoms with Gasteiger partial charge in [-0.05, 0) is 84.6 Å². The molecule has 0 N–H and O–H groups in total. The van der Waals surface area contributed by atoms with Crippen LogP contribution in [0.25, 0.3) is 22.3 Å². The molecule has 0 atom stereocenters. The number of Topliss-reactive ketones (excluding diaryl/α,β-unsaturated/α-hetero) is 1. The fourth-order valence-electron chi connectivity index (χ4n) is 5.18. The first-order chi connectivity index (χ1) is 20.0. The van der Waals surface area contributed by atoms with Gasteiger partial charge in [0.05, 0.1) is 19.8 Å². The molecule has 0 amide bonds. The Labute approximate surface area is 241 Å². The van der Waals surface area contributed by atoms with E-state index in [-0.39, 0.29) is 18.3 Å². The highest BCUT2D eigenvalue weighted by molar-refractivity contribution is 5.99. The molecule has 1 fully saturated rings. The van der Waals surface area contributed by atoms with E-state index >= 15 is 0 Å². The second-order valence-corrected chi connectivity index (χ2v) is 10.4. The number of ketones is 1. The molecule has 41 heavy (non-hydrogen) atoms. The molecular formula is C35H34N2O4. The monoisotopic (exact) mass is 546 g/mol. The van der Waals surface area contributed by atoms with Crippen LogP contribution in [-0.4, -0.2) is 51.1 Å². The average Bonchev–Trinajstić information content (AvgIpc) is 3.02. The molecule has 1 saturated heterocycles. The van der Waals surface area contributed by atoms with Crippen LogP contribution in [0.2, 0.25) is 0 Å². The van der Waals surface area contributed by atoms with Crippen molar-refractivity contribution in [3.8, 4) is 45.6 Å². The maximum absolute atomic E-state index is 13.3. The van der Waals surface area contributed by atoms with Crippen LogP contribution in [0, 0.1) is 11.3 Å². The van der Waals surface area contributed by atoms with E-state index in [0.717, 1.165) is 59.5 Å². The summed E-state index contributed by atoms with van der Waals surface area (Å²) in [5.41, 5.74) is 5.74. The zero-order valence-corrected chi connectivity index (χ0v) is 23.7. The Morgan fingerprint density at radius 2 is 1.59 bits per heavy atom. The number of likely N-dealkylation sites (tertiary alicyclic amines) is 1. The number of hydrogen-bond acceptors (Lipinski definition) is 6. The minimum absolute atomic E-state index is 0.0201. The van der Waals surface area contributed by atoms with E-state index in [9.17, 15) is 10.1 Å². The van der Waals surface area contributed by atoms with Gasteiger partial charge in [-0.3, -0.25) is 4.79 Å². The lowest BCUT2D eigenvalue weighted by Crippen LogP contribution is -2.35. The summed E-state index contributed by atoms with van der Waals surface area (Å²) in [5, 5.41) is 9.77. The van der Waals surface area contributed by atoms with Gasteiger partial charge >= 0.3 is 0 Å². The summed E-state index contributed by atoms with van der Waals surface area (Å²) in [4.78, 5) is 15.6. The maximum Gasteiger partial charge on any atom is 0.167 e. The van der Waals surface area contributed by atoms with Crippen LogP contribution < -0.4 is 14.2 Å². The van der Waals surface area contributed by atoms with Gasteiger partial charge in [-0.2, -0.15) is 5.26 Å². The molecule has 1 aliphatic heterocycles. The number of benzene rings is 4. The van der Waals surface area contributed by atoms with Gasteiger partial charge in [0, 0.05) is 30.6 Å². The van der Waals surface area contributed by atoms with Gasteiger partial charge < -0.3 is 19.1 Å². The van der Waals surface area contributed by atoms with Crippen molar-refractivity contribution in [1.82, 2.24) is 4.90 Å². The van der Waals surface area contributed by atoms with Crippen molar-refractivity contribution in [2.45, 2.75) is 25.4 Å². The molecular weight excluding hydrogens is 512 g/mol. The van der Waals surface area contributed by atoms with E-state index in [1.807, 2.05) is 78.9 Å². The van der Waals surface area contributed by atoms with Crippen LogP contribution in [0.4, 0.5) is 0 Å². The smallest absolute Gasteiger partial charge is 0.167 e. The van der Waals surface area contributed by atoms with Crippen molar-refractivity contribution in [3.63, 3.8) is 0 Å². The number of methoxy groups -OCH3 is 2. The summed E-state index contributed by atoms with van der Waals surface area (Å²) in [6.45, 7) is 2.00. The molecule has 0 spiro atoms. The van der Waals surface area contributed by atoms with Crippen molar-refractivity contribution in [2.24, 2.45) is 0 Å². The predicted molar refractivity (Wildman–Crippen MR) is 161 cm³/mol. The normalized spacial score (nSPS) is 13.8. The molecule has 208 valence electrons. The lowest BCUT2D eigenvalue weighted by atomic mass is 9.96. The van der Waals surface area contributed by atoms with Crippen molar-refractivity contribution < 1.29 is 19.0 Å². The fourth-order valence-corrected chi connectivity index (χ4v) is 5.18. The third kappa shape index (κ3) is 6.59. The molecule has 0 bridgehead atoms. The predicted octanol–water partition coefficient (Wildman–Crippen LogP) is 6.81. The van der Waals surface area contributed by atoms with Crippen LogP contribution >= 0.6 is 0 Å². The number of hydrogen-bond donors (Lipinski definition) is 0. The summed E-state index contributed by atoms with van der Waals surface area (Å²) in [5.74, 6) is 2.09. The zero-order valence-electron chi connectivity index (χ0n) is 23.7. The molecule has 0 radical (unpaired) electrons. The lowest BCUT2D eigenvalue weighted by molar-refractivity contribution is 0.0993. The van der Waals surface area contributed by atoms with Gasteiger partial charge in [0.1, 0.15) is 29.4 Å². The van der Waals surface area contributed by atoms with Gasteiger partial charge in [-0.25, -0.2) is 0 Å². The molecule has 0 saturated carbocycles.